The molecule has 0 spiro atoms. The van der Waals surface area contributed by atoms with E-state index in [0.29, 0.717) is 5.92 Å². The molecule has 0 aromatic heterocycles. The largest absolute Gasteiger partial charge is 0.389 e. The molecule has 0 radical (unpaired) electrons. The van der Waals surface area contributed by atoms with Crippen LogP contribution >= 0.6 is 0 Å². The third-order valence-corrected chi connectivity index (χ3v) is 5.32. The number of rotatable bonds is 1. The highest BCUT2D eigenvalue weighted by molar-refractivity contribution is 5.06. The molecule has 2 nitrogen and oxygen atoms in total. The van der Waals surface area contributed by atoms with Crippen LogP contribution in [-0.4, -0.2) is 21.9 Å². The lowest BCUT2D eigenvalue weighted by Gasteiger charge is -2.48. The molecule has 2 heteroatoms. The van der Waals surface area contributed by atoms with E-state index in [-0.39, 0.29) is 17.1 Å². The first-order valence-corrected chi connectivity index (χ1v) is 7.49. The summed E-state index contributed by atoms with van der Waals surface area (Å²) in [5.74, 6) is 1.38. The lowest BCUT2D eigenvalue weighted by atomic mass is 9.62. The van der Waals surface area contributed by atoms with Crippen LogP contribution in [0.4, 0.5) is 0 Å². The summed E-state index contributed by atoms with van der Waals surface area (Å²) in [6, 6.07) is 0. The molecule has 2 rings (SSSR count). The molecule has 2 fully saturated rings. The number of aliphatic hydroxyl groups is 1. The zero-order valence-corrected chi connectivity index (χ0v) is 12.9. The van der Waals surface area contributed by atoms with Crippen molar-refractivity contribution < 1.29 is 9.84 Å². The SMILES string of the molecule is CC1CCC(O)(C2CC(C)(C)OC2(C)C)C(C)C1. The van der Waals surface area contributed by atoms with Gasteiger partial charge >= 0.3 is 0 Å². The number of hydrogen-bond acceptors (Lipinski definition) is 2. The van der Waals surface area contributed by atoms with Gasteiger partial charge in [-0.3, -0.25) is 0 Å². The van der Waals surface area contributed by atoms with Gasteiger partial charge in [-0.2, -0.15) is 0 Å². The van der Waals surface area contributed by atoms with Gasteiger partial charge in [-0.1, -0.05) is 13.8 Å². The number of hydrogen-bond donors (Lipinski definition) is 1. The van der Waals surface area contributed by atoms with Crippen molar-refractivity contribution in [3.05, 3.63) is 0 Å². The molecule has 106 valence electrons. The van der Waals surface area contributed by atoms with Crippen molar-refractivity contribution in [2.45, 2.75) is 84.0 Å². The minimum Gasteiger partial charge on any atom is -0.389 e. The van der Waals surface area contributed by atoms with Gasteiger partial charge in [0.15, 0.2) is 0 Å². The zero-order valence-electron chi connectivity index (χ0n) is 12.9. The summed E-state index contributed by atoms with van der Waals surface area (Å²) in [4.78, 5) is 0. The minimum absolute atomic E-state index is 0.104. The molecule has 1 N–H and O–H groups in total. The van der Waals surface area contributed by atoms with Crippen LogP contribution in [-0.2, 0) is 4.74 Å². The van der Waals surface area contributed by atoms with E-state index in [2.05, 4.69) is 41.5 Å². The Hall–Kier alpha value is -0.0800. The van der Waals surface area contributed by atoms with Crippen LogP contribution in [0.2, 0.25) is 0 Å². The van der Waals surface area contributed by atoms with Gasteiger partial charge in [-0.15, -0.1) is 0 Å². The molecule has 1 aliphatic carbocycles. The highest BCUT2D eigenvalue weighted by Gasteiger charge is 2.57. The van der Waals surface area contributed by atoms with Gasteiger partial charge < -0.3 is 9.84 Å². The second kappa shape index (κ2) is 4.21. The van der Waals surface area contributed by atoms with Gasteiger partial charge in [-0.05, 0) is 65.2 Å². The van der Waals surface area contributed by atoms with Crippen LogP contribution in [0, 0.1) is 17.8 Å². The van der Waals surface area contributed by atoms with Gasteiger partial charge in [0.05, 0.1) is 16.8 Å². The predicted octanol–water partition coefficient (Wildman–Crippen LogP) is 3.77. The Kier molecular flexibility index (Phi) is 3.35. The fraction of sp³-hybridized carbons (Fsp3) is 1.00. The molecule has 4 atom stereocenters. The van der Waals surface area contributed by atoms with E-state index < -0.39 is 5.60 Å². The molecule has 2 aliphatic rings. The smallest absolute Gasteiger partial charge is 0.0729 e. The topological polar surface area (TPSA) is 29.5 Å². The summed E-state index contributed by atoms with van der Waals surface area (Å²) in [6.07, 6.45) is 4.19. The van der Waals surface area contributed by atoms with Crippen molar-refractivity contribution in [2.75, 3.05) is 0 Å². The number of ether oxygens (including phenoxy) is 1. The van der Waals surface area contributed by atoms with E-state index in [1.54, 1.807) is 0 Å². The summed E-state index contributed by atoms with van der Waals surface area (Å²) in [5.41, 5.74) is -0.858. The molecule has 1 saturated carbocycles. The van der Waals surface area contributed by atoms with Gasteiger partial charge in [0, 0.05) is 5.92 Å². The molecule has 0 amide bonds. The Balaban J connectivity index is 2.25. The normalized spacial score (nSPS) is 47.2. The van der Waals surface area contributed by atoms with Crippen LogP contribution in [0.3, 0.4) is 0 Å². The van der Waals surface area contributed by atoms with E-state index in [4.69, 9.17) is 4.74 Å². The maximum absolute atomic E-state index is 11.2. The Labute approximate surface area is 112 Å². The van der Waals surface area contributed by atoms with Gasteiger partial charge in [0.2, 0.25) is 0 Å². The first kappa shape index (κ1) is 14.3. The standard InChI is InChI=1S/C16H30O2/c1-11-7-8-16(17,12(2)9-11)13-10-14(3,4)18-15(13,5)6/h11-13,17H,7-10H2,1-6H3. The van der Waals surface area contributed by atoms with Crippen molar-refractivity contribution in [3.63, 3.8) is 0 Å². The third-order valence-electron chi connectivity index (χ3n) is 5.32. The maximum Gasteiger partial charge on any atom is 0.0729 e. The second-order valence-electron chi connectivity index (χ2n) is 7.99. The fourth-order valence-electron chi connectivity index (χ4n) is 4.51. The molecule has 0 aromatic carbocycles. The molecule has 1 saturated heterocycles. The highest BCUT2D eigenvalue weighted by Crippen LogP contribution is 2.53. The van der Waals surface area contributed by atoms with E-state index >= 15 is 0 Å². The van der Waals surface area contributed by atoms with Crippen molar-refractivity contribution in [1.29, 1.82) is 0 Å². The van der Waals surface area contributed by atoms with Gasteiger partial charge in [-0.25, -0.2) is 0 Å². The first-order valence-electron chi connectivity index (χ1n) is 7.49. The zero-order chi connectivity index (χ0) is 13.8. The Morgan fingerprint density at radius 3 is 2.17 bits per heavy atom. The monoisotopic (exact) mass is 254 g/mol. The summed E-state index contributed by atoms with van der Waals surface area (Å²) in [7, 11) is 0. The van der Waals surface area contributed by atoms with Crippen molar-refractivity contribution >= 4 is 0 Å². The molecule has 1 aliphatic heterocycles. The summed E-state index contributed by atoms with van der Waals surface area (Å²) in [5, 5.41) is 11.2. The molecule has 4 unspecified atom stereocenters. The average Bonchev–Trinajstić information content (AvgIpc) is 2.42. The second-order valence-corrected chi connectivity index (χ2v) is 7.99. The van der Waals surface area contributed by atoms with Crippen LogP contribution in [0.15, 0.2) is 0 Å². The molecular weight excluding hydrogens is 224 g/mol. The van der Waals surface area contributed by atoms with E-state index in [0.717, 1.165) is 31.6 Å². The molecule has 0 bridgehead atoms. The van der Waals surface area contributed by atoms with Crippen molar-refractivity contribution in [3.8, 4) is 0 Å². The Morgan fingerprint density at radius 2 is 1.72 bits per heavy atom. The lowest BCUT2D eigenvalue weighted by molar-refractivity contribution is -0.147. The molecule has 0 aromatic rings. The Morgan fingerprint density at radius 1 is 1.11 bits per heavy atom. The quantitative estimate of drug-likeness (QED) is 0.772. The van der Waals surface area contributed by atoms with Crippen molar-refractivity contribution in [2.24, 2.45) is 17.8 Å². The van der Waals surface area contributed by atoms with Crippen LogP contribution in [0.1, 0.15) is 67.2 Å². The fourth-order valence-corrected chi connectivity index (χ4v) is 4.51. The van der Waals surface area contributed by atoms with Crippen molar-refractivity contribution in [1.82, 2.24) is 0 Å². The summed E-state index contributed by atoms with van der Waals surface area (Å²) >= 11 is 0. The first-order chi connectivity index (χ1) is 8.07. The maximum atomic E-state index is 11.2. The van der Waals surface area contributed by atoms with Gasteiger partial charge in [0.25, 0.3) is 0 Å². The van der Waals surface area contributed by atoms with Crippen LogP contribution in [0.25, 0.3) is 0 Å². The van der Waals surface area contributed by atoms with E-state index in [1.807, 2.05) is 0 Å². The average molecular weight is 254 g/mol. The van der Waals surface area contributed by atoms with Gasteiger partial charge in [0.1, 0.15) is 0 Å². The predicted molar refractivity (Wildman–Crippen MR) is 74.5 cm³/mol. The minimum atomic E-state index is -0.538. The molecule has 1 heterocycles. The molecular formula is C16H30O2. The Bertz CT molecular complexity index is 321. The van der Waals surface area contributed by atoms with Crippen LogP contribution in [0.5, 0.6) is 0 Å². The van der Waals surface area contributed by atoms with E-state index in [9.17, 15) is 5.11 Å². The molecule has 18 heavy (non-hydrogen) atoms. The summed E-state index contributed by atoms with van der Waals surface area (Å²) < 4.78 is 6.18. The summed E-state index contributed by atoms with van der Waals surface area (Å²) in [6.45, 7) is 13.1. The van der Waals surface area contributed by atoms with Crippen LogP contribution < -0.4 is 0 Å². The van der Waals surface area contributed by atoms with E-state index in [1.165, 1.54) is 0 Å². The highest BCUT2D eigenvalue weighted by atomic mass is 16.5. The third kappa shape index (κ3) is 2.34. The lowest BCUT2D eigenvalue weighted by Crippen LogP contribution is -2.53.